The van der Waals surface area contributed by atoms with Crippen molar-refractivity contribution in [1.82, 2.24) is 15.0 Å². The van der Waals surface area contributed by atoms with E-state index >= 15 is 0 Å². The van der Waals surface area contributed by atoms with Gasteiger partial charge in [-0.1, -0.05) is 5.16 Å². The van der Waals surface area contributed by atoms with Crippen LogP contribution in [0.1, 0.15) is 30.5 Å². The van der Waals surface area contributed by atoms with E-state index in [-0.39, 0.29) is 17.0 Å². The van der Waals surface area contributed by atoms with Crippen LogP contribution in [0.3, 0.4) is 0 Å². The van der Waals surface area contributed by atoms with Crippen LogP contribution in [0.2, 0.25) is 0 Å². The minimum atomic E-state index is -0.813. The topological polar surface area (TPSA) is 80.5 Å². The molecule has 2 amide bonds. The molecule has 2 aromatic rings. The number of hydrogen-bond donors (Lipinski definition) is 1. The van der Waals surface area contributed by atoms with Crippen LogP contribution in [0.15, 0.2) is 22.7 Å². The third kappa shape index (κ3) is 3.39. The molecule has 2 aliphatic rings. The van der Waals surface area contributed by atoms with Crippen LogP contribution in [0.4, 0.5) is 19.3 Å². The zero-order chi connectivity index (χ0) is 19.0. The molecule has 1 aromatic carbocycles. The van der Waals surface area contributed by atoms with Gasteiger partial charge < -0.3 is 19.5 Å². The molecule has 0 radical (unpaired) electrons. The summed E-state index contributed by atoms with van der Waals surface area (Å²) < 4.78 is 37.8. The van der Waals surface area contributed by atoms with E-state index in [0.29, 0.717) is 38.0 Å². The van der Waals surface area contributed by atoms with Crippen molar-refractivity contribution in [1.29, 1.82) is 0 Å². The van der Waals surface area contributed by atoms with Gasteiger partial charge in [0.15, 0.2) is 5.82 Å². The zero-order valence-electron chi connectivity index (χ0n) is 14.9. The third-order valence-corrected chi connectivity index (χ3v) is 5.44. The highest BCUT2D eigenvalue weighted by Gasteiger charge is 2.51. The second kappa shape index (κ2) is 6.88. The number of ether oxygens (including phenoxy) is 1. The molecule has 1 aromatic heterocycles. The maximum Gasteiger partial charge on any atom is 0.321 e. The Morgan fingerprint density at radius 2 is 2.11 bits per heavy atom. The fourth-order valence-electron chi connectivity index (χ4n) is 3.99. The molecule has 1 spiro atoms. The number of amides is 2. The molecule has 2 saturated heterocycles. The molecule has 7 nitrogen and oxygen atoms in total. The van der Waals surface area contributed by atoms with Gasteiger partial charge in [-0.15, -0.1) is 0 Å². The van der Waals surface area contributed by atoms with E-state index in [0.717, 1.165) is 25.0 Å². The number of carbonyl (C=O) groups is 1. The third-order valence-electron chi connectivity index (χ3n) is 5.44. The van der Waals surface area contributed by atoms with Gasteiger partial charge in [0, 0.05) is 37.8 Å². The molecule has 2 aliphatic heterocycles. The first-order chi connectivity index (χ1) is 13.0. The SMILES string of the molecule is Cc1noc([C@@H]2CN(C(=O)Nc3ccc(F)cc3F)CC23CCOCC3)n1. The van der Waals surface area contributed by atoms with Gasteiger partial charge in [0.05, 0.1) is 11.6 Å². The van der Waals surface area contributed by atoms with Crippen molar-refractivity contribution < 1.29 is 22.8 Å². The van der Waals surface area contributed by atoms with Crippen LogP contribution in [0.25, 0.3) is 0 Å². The molecule has 1 N–H and O–H groups in total. The van der Waals surface area contributed by atoms with Gasteiger partial charge >= 0.3 is 6.03 Å². The van der Waals surface area contributed by atoms with Gasteiger partial charge in [-0.25, -0.2) is 13.6 Å². The molecule has 27 heavy (non-hydrogen) atoms. The first kappa shape index (κ1) is 17.8. The number of nitrogens with one attached hydrogen (secondary N) is 1. The first-order valence-electron chi connectivity index (χ1n) is 8.86. The van der Waals surface area contributed by atoms with Gasteiger partial charge in [0.25, 0.3) is 0 Å². The largest absolute Gasteiger partial charge is 0.381 e. The molecular formula is C18H20F2N4O3. The van der Waals surface area contributed by atoms with E-state index in [2.05, 4.69) is 15.5 Å². The van der Waals surface area contributed by atoms with E-state index in [1.165, 1.54) is 6.07 Å². The Morgan fingerprint density at radius 3 is 2.78 bits per heavy atom. The average Bonchev–Trinajstić information content (AvgIpc) is 3.22. The number of nitrogens with zero attached hydrogens (tertiary/aromatic N) is 3. The van der Waals surface area contributed by atoms with E-state index in [1.807, 2.05) is 0 Å². The number of aryl methyl sites for hydroxylation is 1. The number of halogens is 2. The van der Waals surface area contributed by atoms with Gasteiger partial charge in [0.2, 0.25) is 5.89 Å². The molecule has 1 atom stereocenters. The van der Waals surface area contributed by atoms with Crippen molar-refractivity contribution in [3.8, 4) is 0 Å². The summed E-state index contributed by atoms with van der Waals surface area (Å²) in [7, 11) is 0. The lowest BCUT2D eigenvalue weighted by molar-refractivity contribution is 0.00959. The van der Waals surface area contributed by atoms with Crippen LogP contribution >= 0.6 is 0 Å². The highest BCUT2D eigenvalue weighted by molar-refractivity contribution is 5.89. The lowest BCUT2D eigenvalue weighted by atomic mass is 9.72. The number of likely N-dealkylation sites (tertiary alicyclic amines) is 1. The highest BCUT2D eigenvalue weighted by Crippen LogP contribution is 2.49. The van der Waals surface area contributed by atoms with Gasteiger partial charge in [0.1, 0.15) is 11.6 Å². The number of urea groups is 1. The molecule has 0 unspecified atom stereocenters. The maximum atomic E-state index is 13.9. The minimum absolute atomic E-state index is 0.0560. The van der Waals surface area contributed by atoms with Crippen LogP contribution < -0.4 is 5.32 Å². The van der Waals surface area contributed by atoms with E-state index in [1.54, 1.807) is 11.8 Å². The van der Waals surface area contributed by atoms with Crippen LogP contribution in [0, 0.1) is 24.0 Å². The van der Waals surface area contributed by atoms with E-state index < -0.39 is 17.7 Å². The van der Waals surface area contributed by atoms with Crippen LogP contribution in [0.5, 0.6) is 0 Å². The Morgan fingerprint density at radius 1 is 1.33 bits per heavy atom. The van der Waals surface area contributed by atoms with Crippen molar-refractivity contribution in [2.45, 2.75) is 25.7 Å². The van der Waals surface area contributed by atoms with Crippen molar-refractivity contribution in [2.24, 2.45) is 5.41 Å². The standard InChI is InChI=1S/C18H20F2N4O3/c1-11-21-16(27-23-11)13-9-24(10-18(13)4-6-26-7-5-18)17(25)22-15-3-2-12(19)8-14(15)20/h2-3,8,13H,4-7,9-10H2,1H3,(H,22,25)/t13-/m0/s1. The highest BCUT2D eigenvalue weighted by atomic mass is 19.1. The predicted octanol–water partition coefficient (Wildman–Crippen LogP) is 3.08. The molecular weight excluding hydrogens is 358 g/mol. The predicted molar refractivity (Wildman–Crippen MR) is 91.2 cm³/mol. The number of anilines is 1. The fraction of sp³-hybridized carbons (Fsp3) is 0.500. The second-order valence-electron chi connectivity index (χ2n) is 7.14. The maximum absolute atomic E-state index is 13.9. The Balaban J connectivity index is 1.56. The smallest absolute Gasteiger partial charge is 0.321 e. The lowest BCUT2D eigenvalue weighted by Gasteiger charge is -2.36. The summed E-state index contributed by atoms with van der Waals surface area (Å²) in [5, 5.41) is 6.40. The normalized spacial score (nSPS) is 21.6. The minimum Gasteiger partial charge on any atom is -0.381 e. The van der Waals surface area contributed by atoms with Crippen LogP contribution in [-0.2, 0) is 4.74 Å². The van der Waals surface area contributed by atoms with E-state index in [4.69, 9.17) is 9.26 Å². The number of rotatable bonds is 2. The number of aromatic nitrogens is 2. The molecule has 4 rings (SSSR count). The molecule has 144 valence electrons. The molecule has 2 fully saturated rings. The summed E-state index contributed by atoms with van der Waals surface area (Å²) in [6.45, 7) is 3.82. The Hall–Kier alpha value is -2.55. The summed E-state index contributed by atoms with van der Waals surface area (Å²) in [4.78, 5) is 18.7. The van der Waals surface area contributed by atoms with Crippen molar-refractivity contribution in [3.05, 3.63) is 41.5 Å². The zero-order valence-corrected chi connectivity index (χ0v) is 14.9. The number of hydrogen-bond acceptors (Lipinski definition) is 5. The van der Waals surface area contributed by atoms with E-state index in [9.17, 15) is 13.6 Å². The fourth-order valence-corrected chi connectivity index (χ4v) is 3.99. The Bertz CT molecular complexity index is 851. The molecule has 0 aliphatic carbocycles. The van der Waals surface area contributed by atoms with Crippen molar-refractivity contribution in [2.75, 3.05) is 31.6 Å². The number of carbonyl (C=O) groups excluding carboxylic acids is 1. The van der Waals surface area contributed by atoms with Gasteiger partial charge in [-0.3, -0.25) is 0 Å². The Labute approximate surface area is 154 Å². The summed E-state index contributed by atoms with van der Waals surface area (Å²) in [5.74, 6) is -0.556. The lowest BCUT2D eigenvalue weighted by Crippen LogP contribution is -2.38. The van der Waals surface area contributed by atoms with Crippen molar-refractivity contribution in [3.63, 3.8) is 0 Å². The Kier molecular flexibility index (Phi) is 4.55. The van der Waals surface area contributed by atoms with Crippen molar-refractivity contribution >= 4 is 11.7 Å². The average molecular weight is 378 g/mol. The first-order valence-corrected chi connectivity index (χ1v) is 8.86. The van der Waals surface area contributed by atoms with Crippen LogP contribution in [-0.4, -0.2) is 47.4 Å². The summed E-state index contributed by atoms with van der Waals surface area (Å²) in [5.41, 5.74) is -0.268. The summed E-state index contributed by atoms with van der Waals surface area (Å²) in [6, 6.07) is 2.61. The molecule has 9 heteroatoms. The second-order valence-corrected chi connectivity index (χ2v) is 7.14. The quantitative estimate of drug-likeness (QED) is 0.869. The molecule has 0 bridgehead atoms. The number of benzene rings is 1. The molecule has 0 saturated carbocycles. The van der Waals surface area contributed by atoms with Gasteiger partial charge in [-0.2, -0.15) is 4.98 Å². The summed E-state index contributed by atoms with van der Waals surface area (Å²) >= 11 is 0. The summed E-state index contributed by atoms with van der Waals surface area (Å²) in [6.07, 6.45) is 1.54. The monoisotopic (exact) mass is 378 g/mol. The van der Waals surface area contributed by atoms with Gasteiger partial charge in [-0.05, 0) is 31.9 Å². The molecule has 3 heterocycles.